The fraction of sp³-hybridized carbons (Fsp3) is 0.350. The number of nitrogens with zero attached hydrogens (tertiary/aromatic N) is 3. The summed E-state index contributed by atoms with van der Waals surface area (Å²) < 4.78 is 0. The molecule has 2 amide bonds. The minimum Gasteiger partial charge on any atom is -0.347 e. The summed E-state index contributed by atoms with van der Waals surface area (Å²) in [6.07, 6.45) is 6.74. The van der Waals surface area contributed by atoms with Crippen molar-refractivity contribution in [3.05, 3.63) is 54.5 Å². The van der Waals surface area contributed by atoms with Gasteiger partial charge in [0.15, 0.2) is 5.82 Å². The number of hydrogen-bond acceptors (Lipinski definition) is 5. The Labute approximate surface area is 156 Å². The van der Waals surface area contributed by atoms with Gasteiger partial charge < -0.3 is 5.32 Å². The summed E-state index contributed by atoms with van der Waals surface area (Å²) in [4.78, 5) is 47.8. The third-order valence-electron chi connectivity index (χ3n) is 5.05. The van der Waals surface area contributed by atoms with Crippen LogP contribution in [0.5, 0.6) is 0 Å². The zero-order valence-electron chi connectivity index (χ0n) is 14.7. The van der Waals surface area contributed by atoms with E-state index in [4.69, 9.17) is 0 Å². The number of rotatable bonds is 6. The van der Waals surface area contributed by atoms with Crippen LogP contribution in [0.15, 0.2) is 48.9 Å². The second-order valence-corrected chi connectivity index (χ2v) is 7.03. The van der Waals surface area contributed by atoms with Crippen LogP contribution in [0.4, 0.5) is 5.82 Å². The maximum absolute atomic E-state index is 13.1. The van der Waals surface area contributed by atoms with Crippen molar-refractivity contribution in [2.24, 2.45) is 11.8 Å². The predicted molar refractivity (Wildman–Crippen MR) is 97.7 cm³/mol. The topological polar surface area (TPSA) is 92.3 Å². The summed E-state index contributed by atoms with van der Waals surface area (Å²) in [5, 5.41) is 2.74. The molecule has 1 saturated carbocycles. The molecule has 2 atom stereocenters. The van der Waals surface area contributed by atoms with Gasteiger partial charge in [-0.2, -0.15) is 0 Å². The third-order valence-corrected chi connectivity index (χ3v) is 5.05. The number of anilines is 1. The summed E-state index contributed by atoms with van der Waals surface area (Å²) in [7, 11) is 0. The Bertz CT molecular complexity index is 852. The molecule has 1 aliphatic heterocycles. The first-order chi connectivity index (χ1) is 13.1. The fourth-order valence-electron chi connectivity index (χ4n) is 3.44. The first kappa shape index (κ1) is 17.3. The highest BCUT2D eigenvalue weighted by atomic mass is 16.2. The first-order valence-corrected chi connectivity index (χ1v) is 9.09. The summed E-state index contributed by atoms with van der Waals surface area (Å²) in [6, 6.07) is 9.63. The molecule has 138 valence electrons. The van der Waals surface area contributed by atoms with E-state index in [0.29, 0.717) is 12.2 Å². The summed E-state index contributed by atoms with van der Waals surface area (Å²) in [6.45, 7) is 0.145. The van der Waals surface area contributed by atoms with E-state index >= 15 is 0 Å². The number of Topliss-reactive ketones (excluding diaryl/α,β-unsaturated/α-hetero) is 1. The van der Waals surface area contributed by atoms with Crippen LogP contribution >= 0.6 is 0 Å². The molecule has 1 aliphatic carbocycles. The molecule has 4 rings (SSSR count). The van der Waals surface area contributed by atoms with E-state index in [1.54, 1.807) is 0 Å². The molecule has 27 heavy (non-hydrogen) atoms. The highest BCUT2D eigenvalue weighted by Crippen LogP contribution is 2.32. The van der Waals surface area contributed by atoms with Gasteiger partial charge in [0.1, 0.15) is 0 Å². The standard InChI is InChI=1S/C20H20N4O3/c25-18(19(26)23-14-6-7-14)16-12-24(17-11-21-8-9-22-17)20(27)15(16)10-13-4-2-1-3-5-13/h1-5,8-9,11,14-16H,6-7,10,12H2,(H,23,26)/t15-,16-/m1/s1. The van der Waals surface area contributed by atoms with Gasteiger partial charge in [0.25, 0.3) is 5.91 Å². The quantitative estimate of drug-likeness (QED) is 0.776. The van der Waals surface area contributed by atoms with Crippen molar-refractivity contribution in [3.63, 3.8) is 0 Å². The second kappa shape index (κ2) is 7.26. The normalized spacial score (nSPS) is 21.9. The Hall–Kier alpha value is -3.09. The third kappa shape index (κ3) is 3.72. The SMILES string of the molecule is O=C(NC1CC1)C(=O)[C@@H]1CN(c2cnccn2)C(=O)[C@@H]1Cc1ccccc1. The van der Waals surface area contributed by atoms with Crippen LogP contribution in [-0.4, -0.2) is 40.2 Å². The monoisotopic (exact) mass is 364 g/mol. The molecule has 1 aromatic heterocycles. The fourth-order valence-corrected chi connectivity index (χ4v) is 3.44. The highest BCUT2D eigenvalue weighted by molar-refractivity contribution is 6.38. The predicted octanol–water partition coefficient (Wildman–Crippen LogP) is 1.15. The average Bonchev–Trinajstić information content (AvgIpc) is 3.46. The van der Waals surface area contributed by atoms with Gasteiger partial charge in [-0.25, -0.2) is 4.98 Å². The molecule has 1 aromatic carbocycles. The Balaban J connectivity index is 1.59. The lowest BCUT2D eigenvalue weighted by atomic mass is 9.86. The lowest BCUT2D eigenvalue weighted by molar-refractivity contribution is -0.141. The smallest absolute Gasteiger partial charge is 0.287 e. The summed E-state index contributed by atoms with van der Waals surface area (Å²) in [5.41, 5.74) is 0.956. The minimum absolute atomic E-state index is 0.0993. The van der Waals surface area contributed by atoms with Gasteiger partial charge in [0.05, 0.1) is 18.0 Å². The molecular weight excluding hydrogens is 344 g/mol. The van der Waals surface area contributed by atoms with Gasteiger partial charge in [-0.1, -0.05) is 30.3 Å². The van der Waals surface area contributed by atoms with Gasteiger partial charge in [0, 0.05) is 25.0 Å². The van der Waals surface area contributed by atoms with Crippen LogP contribution in [0.25, 0.3) is 0 Å². The van der Waals surface area contributed by atoms with E-state index in [0.717, 1.165) is 18.4 Å². The molecule has 0 unspecified atom stereocenters. The van der Waals surface area contributed by atoms with Crippen LogP contribution in [0, 0.1) is 11.8 Å². The van der Waals surface area contributed by atoms with E-state index < -0.39 is 23.5 Å². The van der Waals surface area contributed by atoms with Gasteiger partial charge in [-0.05, 0) is 24.8 Å². The van der Waals surface area contributed by atoms with Crippen LogP contribution < -0.4 is 10.2 Å². The Morgan fingerprint density at radius 1 is 1.15 bits per heavy atom. The highest BCUT2D eigenvalue weighted by Gasteiger charge is 2.47. The van der Waals surface area contributed by atoms with Crippen molar-refractivity contribution in [1.29, 1.82) is 0 Å². The molecule has 2 heterocycles. The number of carbonyl (C=O) groups excluding carboxylic acids is 3. The molecule has 1 saturated heterocycles. The van der Waals surface area contributed by atoms with Crippen molar-refractivity contribution < 1.29 is 14.4 Å². The average molecular weight is 364 g/mol. The summed E-state index contributed by atoms with van der Waals surface area (Å²) in [5.74, 6) is -2.20. The number of ketones is 1. The zero-order valence-corrected chi connectivity index (χ0v) is 14.7. The van der Waals surface area contributed by atoms with E-state index in [1.807, 2.05) is 30.3 Å². The Morgan fingerprint density at radius 2 is 1.93 bits per heavy atom. The van der Waals surface area contributed by atoms with Gasteiger partial charge in [0.2, 0.25) is 11.7 Å². The molecule has 2 aromatic rings. The van der Waals surface area contributed by atoms with E-state index in [1.165, 1.54) is 23.5 Å². The number of aromatic nitrogens is 2. The van der Waals surface area contributed by atoms with Crippen molar-refractivity contribution >= 4 is 23.4 Å². The van der Waals surface area contributed by atoms with Crippen LogP contribution in [0.1, 0.15) is 18.4 Å². The van der Waals surface area contributed by atoms with Gasteiger partial charge in [-0.3, -0.25) is 24.3 Å². The Kier molecular flexibility index (Phi) is 4.66. The number of benzene rings is 1. The molecule has 2 aliphatic rings. The van der Waals surface area contributed by atoms with Crippen molar-refractivity contribution in [2.75, 3.05) is 11.4 Å². The molecule has 1 N–H and O–H groups in total. The van der Waals surface area contributed by atoms with Crippen LogP contribution in [0.2, 0.25) is 0 Å². The zero-order chi connectivity index (χ0) is 18.8. The van der Waals surface area contributed by atoms with Crippen molar-refractivity contribution in [2.45, 2.75) is 25.3 Å². The largest absolute Gasteiger partial charge is 0.347 e. The molecule has 7 nitrogen and oxygen atoms in total. The number of carbonyl (C=O) groups is 3. The van der Waals surface area contributed by atoms with Gasteiger partial charge >= 0.3 is 0 Å². The second-order valence-electron chi connectivity index (χ2n) is 7.03. The number of nitrogens with one attached hydrogen (secondary N) is 1. The van der Waals surface area contributed by atoms with Gasteiger partial charge in [-0.15, -0.1) is 0 Å². The molecule has 0 bridgehead atoms. The maximum atomic E-state index is 13.1. The van der Waals surface area contributed by atoms with Crippen molar-refractivity contribution in [1.82, 2.24) is 15.3 Å². The first-order valence-electron chi connectivity index (χ1n) is 9.09. The van der Waals surface area contributed by atoms with E-state index in [2.05, 4.69) is 15.3 Å². The van der Waals surface area contributed by atoms with Crippen LogP contribution in [-0.2, 0) is 20.8 Å². The molecule has 2 fully saturated rings. The van der Waals surface area contributed by atoms with Crippen LogP contribution in [0.3, 0.4) is 0 Å². The lowest BCUT2D eigenvalue weighted by Crippen LogP contribution is -2.39. The minimum atomic E-state index is -0.696. The van der Waals surface area contributed by atoms with Crippen molar-refractivity contribution in [3.8, 4) is 0 Å². The lowest BCUT2D eigenvalue weighted by Gasteiger charge is -2.15. The molecule has 0 spiro atoms. The number of hydrogen-bond donors (Lipinski definition) is 1. The molecular formula is C20H20N4O3. The molecule has 0 radical (unpaired) electrons. The maximum Gasteiger partial charge on any atom is 0.287 e. The Morgan fingerprint density at radius 3 is 2.59 bits per heavy atom. The van der Waals surface area contributed by atoms with E-state index in [9.17, 15) is 14.4 Å². The van der Waals surface area contributed by atoms with E-state index in [-0.39, 0.29) is 18.5 Å². The summed E-state index contributed by atoms with van der Waals surface area (Å²) >= 11 is 0. The molecule has 7 heteroatoms. The number of amides is 2.